The standard InChI is InChI=1S/C25H25NO6/c1-17(13-14-23(28)29)24(20-10-4-5-12-22(20)31-16-15-27)32-25(30)26-21-11-6-8-18-7-2-3-9-19(18)21/h2-14,17,24,27H,15-16H2,1H3,(H,26,30)(H,28,29)/b14-13+/t17-,24+/m1/s1. The van der Waals surface area contributed by atoms with Crippen LogP contribution in [0.15, 0.2) is 78.9 Å². The van der Waals surface area contributed by atoms with Crippen LogP contribution in [-0.4, -0.2) is 35.5 Å². The fraction of sp³-hybridized carbons (Fsp3) is 0.200. The lowest BCUT2D eigenvalue weighted by molar-refractivity contribution is -0.131. The van der Waals surface area contributed by atoms with Crippen LogP contribution in [0.2, 0.25) is 0 Å². The van der Waals surface area contributed by atoms with E-state index in [9.17, 15) is 9.59 Å². The lowest BCUT2D eigenvalue weighted by Crippen LogP contribution is -2.22. The molecule has 0 heterocycles. The van der Waals surface area contributed by atoms with Gasteiger partial charge in [-0.1, -0.05) is 67.6 Å². The first-order valence-corrected chi connectivity index (χ1v) is 10.2. The number of carboxylic acids is 1. The Labute approximate surface area is 185 Å². The molecule has 3 rings (SSSR count). The molecule has 0 unspecified atom stereocenters. The normalized spacial score (nSPS) is 12.9. The fourth-order valence-corrected chi connectivity index (χ4v) is 3.38. The van der Waals surface area contributed by atoms with Crippen molar-refractivity contribution in [3.05, 3.63) is 84.4 Å². The van der Waals surface area contributed by atoms with E-state index in [1.807, 2.05) is 36.4 Å². The summed E-state index contributed by atoms with van der Waals surface area (Å²) in [6.07, 6.45) is 0.969. The molecule has 0 aliphatic carbocycles. The predicted molar refractivity (Wildman–Crippen MR) is 122 cm³/mol. The number of carboxylic acid groups (broad SMARTS) is 1. The molecule has 3 aromatic carbocycles. The number of benzene rings is 3. The minimum atomic E-state index is -1.10. The summed E-state index contributed by atoms with van der Waals surface area (Å²) in [7, 11) is 0. The topological polar surface area (TPSA) is 105 Å². The zero-order valence-electron chi connectivity index (χ0n) is 17.6. The van der Waals surface area contributed by atoms with Gasteiger partial charge in [-0.2, -0.15) is 0 Å². The summed E-state index contributed by atoms with van der Waals surface area (Å²) in [5.41, 5.74) is 1.17. The van der Waals surface area contributed by atoms with Gasteiger partial charge in [0.25, 0.3) is 0 Å². The van der Waals surface area contributed by atoms with E-state index in [1.54, 1.807) is 37.3 Å². The van der Waals surface area contributed by atoms with Crippen molar-refractivity contribution < 1.29 is 29.3 Å². The minimum Gasteiger partial charge on any atom is -0.491 e. The molecule has 3 N–H and O–H groups in total. The Kier molecular flexibility index (Phi) is 7.83. The van der Waals surface area contributed by atoms with Gasteiger partial charge in [0.1, 0.15) is 18.5 Å². The van der Waals surface area contributed by atoms with Gasteiger partial charge < -0.3 is 19.7 Å². The summed E-state index contributed by atoms with van der Waals surface area (Å²) in [6.45, 7) is 1.65. The summed E-state index contributed by atoms with van der Waals surface area (Å²) >= 11 is 0. The molecule has 3 aromatic rings. The van der Waals surface area contributed by atoms with Crippen LogP contribution in [0.4, 0.5) is 10.5 Å². The van der Waals surface area contributed by atoms with Crippen LogP contribution in [-0.2, 0) is 9.53 Å². The number of para-hydroxylation sites is 1. The van der Waals surface area contributed by atoms with Gasteiger partial charge in [0, 0.05) is 22.9 Å². The van der Waals surface area contributed by atoms with Crippen molar-refractivity contribution in [3.8, 4) is 5.75 Å². The third-order valence-electron chi connectivity index (χ3n) is 4.85. The molecule has 1 amide bonds. The van der Waals surface area contributed by atoms with E-state index in [0.29, 0.717) is 17.0 Å². The first-order chi connectivity index (χ1) is 15.5. The lowest BCUT2D eigenvalue weighted by Gasteiger charge is -2.25. The van der Waals surface area contributed by atoms with Crippen LogP contribution in [0.5, 0.6) is 5.75 Å². The van der Waals surface area contributed by atoms with E-state index in [1.165, 1.54) is 6.08 Å². The van der Waals surface area contributed by atoms with Gasteiger partial charge in [-0.3, -0.25) is 5.32 Å². The largest absolute Gasteiger partial charge is 0.491 e. The molecule has 166 valence electrons. The van der Waals surface area contributed by atoms with Crippen LogP contribution in [0.3, 0.4) is 0 Å². The molecule has 0 saturated carbocycles. The number of hydrogen-bond acceptors (Lipinski definition) is 5. The molecule has 0 fully saturated rings. The van der Waals surface area contributed by atoms with Gasteiger partial charge >= 0.3 is 12.1 Å². The number of anilines is 1. The van der Waals surface area contributed by atoms with Crippen molar-refractivity contribution in [1.29, 1.82) is 0 Å². The molecule has 0 radical (unpaired) electrons. The van der Waals surface area contributed by atoms with Crippen molar-refractivity contribution in [3.63, 3.8) is 0 Å². The molecular weight excluding hydrogens is 410 g/mol. The highest BCUT2D eigenvalue weighted by Crippen LogP contribution is 2.34. The molecule has 0 aliphatic rings. The first-order valence-electron chi connectivity index (χ1n) is 10.2. The maximum absolute atomic E-state index is 12.9. The van der Waals surface area contributed by atoms with Crippen molar-refractivity contribution in [2.75, 3.05) is 18.5 Å². The number of carbonyl (C=O) groups is 2. The highest BCUT2D eigenvalue weighted by Gasteiger charge is 2.26. The minimum absolute atomic E-state index is 0.0747. The van der Waals surface area contributed by atoms with Crippen LogP contribution in [0, 0.1) is 5.92 Å². The number of aliphatic hydroxyl groups is 1. The SMILES string of the molecule is C[C@H](/C=C/C(=O)O)[C@H](OC(=O)Nc1cccc2ccccc12)c1ccccc1OCCO. The number of rotatable bonds is 9. The first kappa shape index (κ1) is 22.8. The average molecular weight is 435 g/mol. The number of amides is 1. The highest BCUT2D eigenvalue weighted by molar-refractivity contribution is 6.00. The van der Waals surface area contributed by atoms with E-state index in [0.717, 1.165) is 16.8 Å². The van der Waals surface area contributed by atoms with E-state index in [-0.39, 0.29) is 13.2 Å². The Balaban J connectivity index is 1.88. The number of aliphatic hydroxyl groups excluding tert-OH is 1. The van der Waals surface area contributed by atoms with Crippen LogP contribution >= 0.6 is 0 Å². The number of fused-ring (bicyclic) bond motifs is 1. The van der Waals surface area contributed by atoms with E-state index >= 15 is 0 Å². The summed E-state index contributed by atoms with van der Waals surface area (Å²) < 4.78 is 11.4. The molecule has 2 atom stereocenters. The van der Waals surface area contributed by atoms with Crippen molar-refractivity contribution in [1.82, 2.24) is 0 Å². The molecule has 0 aromatic heterocycles. The summed E-state index contributed by atoms with van der Waals surface area (Å²) in [6, 6.07) is 20.2. The third-order valence-corrected chi connectivity index (χ3v) is 4.85. The van der Waals surface area contributed by atoms with E-state index in [2.05, 4.69) is 5.32 Å². The van der Waals surface area contributed by atoms with Gasteiger partial charge in [-0.25, -0.2) is 9.59 Å². The predicted octanol–water partition coefficient (Wildman–Crippen LogP) is 4.78. The Morgan fingerprint density at radius 2 is 1.75 bits per heavy atom. The molecular formula is C25H25NO6. The Morgan fingerprint density at radius 3 is 2.53 bits per heavy atom. The second kappa shape index (κ2) is 11.0. The average Bonchev–Trinajstić information content (AvgIpc) is 2.80. The maximum Gasteiger partial charge on any atom is 0.412 e. The molecule has 32 heavy (non-hydrogen) atoms. The Morgan fingerprint density at radius 1 is 1.03 bits per heavy atom. The van der Waals surface area contributed by atoms with Gasteiger partial charge in [0.15, 0.2) is 0 Å². The quantitative estimate of drug-likeness (QED) is 0.418. The monoisotopic (exact) mass is 435 g/mol. The molecule has 0 spiro atoms. The van der Waals surface area contributed by atoms with Gasteiger partial charge in [0.2, 0.25) is 0 Å². The van der Waals surface area contributed by atoms with Gasteiger partial charge in [-0.05, 0) is 17.5 Å². The smallest absolute Gasteiger partial charge is 0.412 e. The van der Waals surface area contributed by atoms with Crippen molar-refractivity contribution >= 4 is 28.5 Å². The van der Waals surface area contributed by atoms with Crippen LogP contribution in [0.1, 0.15) is 18.6 Å². The van der Waals surface area contributed by atoms with Gasteiger partial charge in [0.05, 0.1) is 12.3 Å². The van der Waals surface area contributed by atoms with Gasteiger partial charge in [-0.15, -0.1) is 0 Å². The van der Waals surface area contributed by atoms with E-state index in [4.69, 9.17) is 19.7 Å². The number of nitrogens with one attached hydrogen (secondary N) is 1. The summed E-state index contributed by atoms with van der Waals surface area (Å²) in [4.78, 5) is 23.9. The third kappa shape index (κ3) is 5.86. The zero-order valence-corrected chi connectivity index (χ0v) is 17.6. The second-order valence-corrected chi connectivity index (χ2v) is 7.14. The lowest BCUT2D eigenvalue weighted by atomic mass is 9.96. The fourth-order valence-electron chi connectivity index (χ4n) is 3.38. The number of ether oxygens (including phenoxy) is 2. The Hall–Kier alpha value is -3.84. The number of carbonyl (C=O) groups excluding carboxylic acids is 1. The number of hydrogen-bond donors (Lipinski definition) is 3. The summed E-state index contributed by atoms with van der Waals surface area (Å²) in [5, 5.41) is 22.7. The van der Waals surface area contributed by atoms with Crippen LogP contribution < -0.4 is 10.1 Å². The zero-order chi connectivity index (χ0) is 22.9. The molecule has 0 aliphatic heterocycles. The molecule has 7 nitrogen and oxygen atoms in total. The summed E-state index contributed by atoms with van der Waals surface area (Å²) in [5.74, 6) is -1.12. The maximum atomic E-state index is 12.9. The molecule has 0 saturated heterocycles. The number of aliphatic carboxylic acids is 1. The highest BCUT2D eigenvalue weighted by atomic mass is 16.6. The van der Waals surface area contributed by atoms with E-state index < -0.39 is 24.1 Å². The molecule has 7 heteroatoms. The Bertz CT molecular complexity index is 1110. The van der Waals surface area contributed by atoms with Crippen LogP contribution in [0.25, 0.3) is 10.8 Å². The molecule has 0 bridgehead atoms. The second-order valence-electron chi connectivity index (χ2n) is 7.14. The van der Waals surface area contributed by atoms with Crippen molar-refractivity contribution in [2.45, 2.75) is 13.0 Å². The van der Waals surface area contributed by atoms with Crippen molar-refractivity contribution in [2.24, 2.45) is 5.92 Å².